The molecule has 6 heteroatoms. The normalized spacial score (nSPS) is 14.6. The number of hydrogen-bond donors (Lipinski definition) is 2. The summed E-state index contributed by atoms with van der Waals surface area (Å²) in [5, 5.41) is 16.0. The molecule has 0 radical (unpaired) electrons. The number of nitrogens with zero attached hydrogens (tertiary/aromatic N) is 2. The summed E-state index contributed by atoms with van der Waals surface area (Å²) in [6.07, 6.45) is 3.52. The fourth-order valence-electron chi connectivity index (χ4n) is 1.36. The highest BCUT2D eigenvalue weighted by atomic mass is 16.5. The van der Waals surface area contributed by atoms with E-state index in [-0.39, 0.29) is 6.61 Å². The van der Waals surface area contributed by atoms with Crippen molar-refractivity contribution in [1.82, 2.24) is 15.1 Å². The average molecular weight is 227 g/mol. The summed E-state index contributed by atoms with van der Waals surface area (Å²) in [5.41, 5.74) is -1.05. The lowest BCUT2D eigenvalue weighted by molar-refractivity contribution is -0.146. The van der Waals surface area contributed by atoms with Crippen molar-refractivity contribution < 1.29 is 14.6 Å². The number of nitrogens with one attached hydrogen (secondary N) is 1. The number of carbonyl (C=O) groups is 1. The predicted molar refractivity (Wildman–Crippen MR) is 58.1 cm³/mol. The van der Waals surface area contributed by atoms with Gasteiger partial charge in [-0.2, -0.15) is 5.10 Å². The minimum absolute atomic E-state index is 0.126. The van der Waals surface area contributed by atoms with E-state index in [4.69, 9.17) is 9.84 Å². The maximum atomic E-state index is 11.0. The van der Waals surface area contributed by atoms with Crippen molar-refractivity contribution in [2.45, 2.75) is 19.0 Å². The molecule has 1 aromatic rings. The molecule has 1 aromatic heterocycles. The van der Waals surface area contributed by atoms with E-state index in [1.54, 1.807) is 17.8 Å². The zero-order valence-corrected chi connectivity index (χ0v) is 9.51. The molecule has 0 bridgehead atoms. The maximum absolute atomic E-state index is 11.0. The smallest absolute Gasteiger partial charge is 0.326 e. The number of aliphatic carboxylic acids is 1. The summed E-state index contributed by atoms with van der Waals surface area (Å²) in [4.78, 5) is 11.0. The van der Waals surface area contributed by atoms with Crippen molar-refractivity contribution in [1.29, 1.82) is 0 Å². The van der Waals surface area contributed by atoms with Gasteiger partial charge < -0.3 is 9.84 Å². The second-order valence-corrected chi connectivity index (χ2v) is 3.77. The van der Waals surface area contributed by atoms with E-state index in [2.05, 4.69) is 10.4 Å². The lowest BCUT2D eigenvalue weighted by Crippen LogP contribution is -2.53. The molecular formula is C10H17N3O3. The van der Waals surface area contributed by atoms with Crippen LogP contribution in [0.15, 0.2) is 18.5 Å². The van der Waals surface area contributed by atoms with Crippen LogP contribution in [0.3, 0.4) is 0 Å². The first-order chi connectivity index (χ1) is 7.58. The second-order valence-electron chi connectivity index (χ2n) is 3.77. The Morgan fingerprint density at radius 1 is 1.69 bits per heavy atom. The van der Waals surface area contributed by atoms with E-state index in [0.29, 0.717) is 13.1 Å². The van der Waals surface area contributed by atoms with E-state index >= 15 is 0 Å². The van der Waals surface area contributed by atoms with Gasteiger partial charge in [-0.1, -0.05) is 0 Å². The van der Waals surface area contributed by atoms with Crippen LogP contribution >= 0.6 is 0 Å². The van der Waals surface area contributed by atoms with Crippen molar-refractivity contribution in [2.24, 2.45) is 0 Å². The molecule has 0 saturated heterocycles. The van der Waals surface area contributed by atoms with Gasteiger partial charge >= 0.3 is 5.97 Å². The summed E-state index contributed by atoms with van der Waals surface area (Å²) in [6.45, 7) is 2.87. The minimum atomic E-state index is -1.05. The molecule has 0 amide bonds. The molecule has 0 fully saturated rings. The van der Waals surface area contributed by atoms with Gasteiger partial charge in [0.05, 0.1) is 13.2 Å². The van der Waals surface area contributed by atoms with Gasteiger partial charge in [0.25, 0.3) is 0 Å². The number of methoxy groups -OCH3 is 1. The van der Waals surface area contributed by atoms with Crippen LogP contribution < -0.4 is 5.32 Å². The Balaban J connectivity index is 2.41. The first kappa shape index (κ1) is 12.7. The van der Waals surface area contributed by atoms with Crippen LogP contribution in [0.5, 0.6) is 0 Å². The van der Waals surface area contributed by atoms with Gasteiger partial charge in [-0.15, -0.1) is 0 Å². The lowest BCUT2D eigenvalue weighted by atomic mass is 10.0. The molecule has 1 heterocycles. The molecule has 0 aliphatic rings. The Morgan fingerprint density at radius 3 is 2.94 bits per heavy atom. The average Bonchev–Trinajstić information content (AvgIpc) is 2.70. The first-order valence-electron chi connectivity index (χ1n) is 5.03. The minimum Gasteiger partial charge on any atom is -0.480 e. The molecule has 2 N–H and O–H groups in total. The number of carboxylic acid groups (broad SMARTS) is 1. The predicted octanol–water partition coefficient (Wildman–Crippen LogP) is -0.0376. The molecular weight excluding hydrogens is 210 g/mol. The molecule has 0 saturated carbocycles. The van der Waals surface area contributed by atoms with Gasteiger partial charge in [0.2, 0.25) is 0 Å². The maximum Gasteiger partial charge on any atom is 0.326 e. The van der Waals surface area contributed by atoms with E-state index in [9.17, 15) is 4.79 Å². The standard InChI is InChI=1S/C10H17N3O3/c1-10(8-16-2,9(14)15)11-5-7-13-6-3-4-12-13/h3-4,6,11H,5,7-8H2,1-2H3,(H,14,15). The summed E-state index contributed by atoms with van der Waals surface area (Å²) in [7, 11) is 1.48. The molecule has 0 spiro atoms. The molecule has 1 atom stereocenters. The molecule has 0 aliphatic heterocycles. The number of aromatic nitrogens is 2. The number of ether oxygens (including phenoxy) is 1. The van der Waals surface area contributed by atoms with Crippen molar-refractivity contribution in [3.05, 3.63) is 18.5 Å². The van der Waals surface area contributed by atoms with Crippen molar-refractivity contribution in [3.8, 4) is 0 Å². The summed E-state index contributed by atoms with van der Waals surface area (Å²) >= 11 is 0. The number of carboxylic acids is 1. The van der Waals surface area contributed by atoms with E-state index in [1.165, 1.54) is 7.11 Å². The Morgan fingerprint density at radius 2 is 2.44 bits per heavy atom. The molecule has 0 aliphatic carbocycles. The van der Waals surface area contributed by atoms with Gasteiger partial charge in [0, 0.05) is 26.0 Å². The highest BCUT2D eigenvalue weighted by Crippen LogP contribution is 2.04. The van der Waals surface area contributed by atoms with Gasteiger partial charge in [0.1, 0.15) is 5.54 Å². The van der Waals surface area contributed by atoms with Gasteiger partial charge in [-0.25, -0.2) is 0 Å². The zero-order chi connectivity index (χ0) is 12.0. The molecule has 0 aromatic carbocycles. The van der Waals surface area contributed by atoms with Crippen molar-refractivity contribution in [2.75, 3.05) is 20.3 Å². The van der Waals surface area contributed by atoms with Crippen molar-refractivity contribution >= 4 is 5.97 Å². The Hall–Kier alpha value is -1.40. The summed E-state index contributed by atoms with van der Waals surface area (Å²) in [5.74, 6) is -0.921. The van der Waals surface area contributed by atoms with Gasteiger partial charge in [0.15, 0.2) is 0 Å². The SMILES string of the molecule is COCC(C)(NCCn1cccn1)C(=O)O. The fraction of sp³-hybridized carbons (Fsp3) is 0.600. The monoisotopic (exact) mass is 227 g/mol. The van der Waals surface area contributed by atoms with Gasteiger partial charge in [-0.05, 0) is 13.0 Å². The lowest BCUT2D eigenvalue weighted by Gasteiger charge is -2.25. The number of hydrogen-bond acceptors (Lipinski definition) is 4. The van der Waals surface area contributed by atoms with E-state index < -0.39 is 11.5 Å². The molecule has 1 rings (SSSR count). The Labute approximate surface area is 94.2 Å². The van der Waals surface area contributed by atoms with Crippen LogP contribution in [0.25, 0.3) is 0 Å². The quantitative estimate of drug-likeness (QED) is 0.683. The van der Waals surface area contributed by atoms with E-state index in [1.807, 2.05) is 12.3 Å². The van der Waals surface area contributed by atoms with Crippen LogP contribution in [-0.4, -0.2) is 46.7 Å². The number of rotatable bonds is 7. The fourth-order valence-corrected chi connectivity index (χ4v) is 1.36. The summed E-state index contributed by atoms with van der Waals surface area (Å²) in [6, 6.07) is 1.82. The first-order valence-corrected chi connectivity index (χ1v) is 5.03. The molecule has 16 heavy (non-hydrogen) atoms. The van der Waals surface area contributed by atoms with Crippen LogP contribution in [0.4, 0.5) is 0 Å². The Kier molecular flexibility index (Phi) is 4.45. The largest absolute Gasteiger partial charge is 0.480 e. The topological polar surface area (TPSA) is 76.4 Å². The second kappa shape index (κ2) is 5.62. The third-order valence-electron chi connectivity index (χ3n) is 2.32. The molecule has 90 valence electrons. The highest BCUT2D eigenvalue weighted by Gasteiger charge is 2.32. The third-order valence-corrected chi connectivity index (χ3v) is 2.32. The van der Waals surface area contributed by atoms with Gasteiger partial charge in [-0.3, -0.25) is 14.8 Å². The van der Waals surface area contributed by atoms with Crippen LogP contribution in [0.2, 0.25) is 0 Å². The van der Waals surface area contributed by atoms with Crippen LogP contribution in [0.1, 0.15) is 6.92 Å². The Bertz CT molecular complexity index is 326. The van der Waals surface area contributed by atoms with E-state index in [0.717, 1.165) is 0 Å². The molecule has 1 unspecified atom stereocenters. The van der Waals surface area contributed by atoms with Crippen LogP contribution in [0, 0.1) is 0 Å². The highest BCUT2D eigenvalue weighted by molar-refractivity contribution is 5.78. The van der Waals surface area contributed by atoms with Crippen LogP contribution in [-0.2, 0) is 16.1 Å². The molecule has 6 nitrogen and oxygen atoms in total. The van der Waals surface area contributed by atoms with Crippen molar-refractivity contribution in [3.63, 3.8) is 0 Å². The third kappa shape index (κ3) is 3.32. The zero-order valence-electron chi connectivity index (χ0n) is 9.51. The summed E-state index contributed by atoms with van der Waals surface area (Å²) < 4.78 is 6.63.